The van der Waals surface area contributed by atoms with E-state index in [2.05, 4.69) is 37.9 Å². The smallest absolute Gasteiger partial charge is 0.0269 e. The molecule has 14 heavy (non-hydrogen) atoms. The van der Waals surface area contributed by atoms with Crippen LogP contribution in [0.2, 0.25) is 0 Å². The van der Waals surface area contributed by atoms with Crippen molar-refractivity contribution in [3.63, 3.8) is 0 Å². The van der Waals surface area contributed by atoms with Crippen molar-refractivity contribution in [2.45, 2.75) is 39.5 Å². The van der Waals surface area contributed by atoms with E-state index < -0.39 is 0 Å². The minimum atomic E-state index is 0.546. The maximum absolute atomic E-state index is 2.43. The van der Waals surface area contributed by atoms with Crippen molar-refractivity contribution < 1.29 is 0 Å². The molecule has 0 atom stereocenters. The summed E-state index contributed by atoms with van der Waals surface area (Å²) < 4.78 is 0. The average Bonchev–Trinajstić information content (AvgIpc) is 2.37. The van der Waals surface area contributed by atoms with Gasteiger partial charge in [-0.15, -0.1) is 0 Å². The second-order valence-corrected chi connectivity index (χ2v) is 4.80. The lowest BCUT2D eigenvalue weighted by Gasteiger charge is -2.40. The summed E-state index contributed by atoms with van der Waals surface area (Å²) in [6, 6.07) is 0. The fourth-order valence-electron chi connectivity index (χ4n) is 2.81. The van der Waals surface area contributed by atoms with Crippen molar-refractivity contribution in [1.29, 1.82) is 0 Å². The molecule has 0 aromatic heterocycles. The van der Waals surface area contributed by atoms with Crippen LogP contribution in [0.4, 0.5) is 0 Å². The largest absolute Gasteiger partial charge is 0.377 e. The second-order valence-electron chi connectivity index (χ2n) is 4.80. The SMILES string of the molecule is CC/C=C\C1=C(C)N(C)CC12CCC2. The Morgan fingerprint density at radius 2 is 2.14 bits per heavy atom. The third-order valence-electron chi connectivity index (χ3n) is 3.90. The molecule has 0 aromatic rings. The van der Waals surface area contributed by atoms with E-state index >= 15 is 0 Å². The van der Waals surface area contributed by atoms with Gasteiger partial charge in [0.15, 0.2) is 0 Å². The lowest BCUT2D eigenvalue weighted by molar-refractivity contribution is 0.171. The summed E-state index contributed by atoms with van der Waals surface area (Å²) in [7, 11) is 2.22. The second kappa shape index (κ2) is 3.45. The maximum atomic E-state index is 2.43. The van der Waals surface area contributed by atoms with E-state index in [9.17, 15) is 0 Å². The number of hydrogen-bond donors (Lipinski definition) is 0. The van der Waals surface area contributed by atoms with Crippen molar-refractivity contribution in [2.75, 3.05) is 13.6 Å². The van der Waals surface area contributed by atoms with Gasteiger partial charge in [-0.3, -0.25) is 0 Å². The zero-order chi connectivity index (χ0) is 10.2. The predicted octanol–water partition coefficient (Wildman–Crippen LogP) is 3.34. The number of allylic oxidation sites excluding steroid dienone is 3. The Balaban J connectivity index is 2.26. The molecule has 1 fully saturated rings. The summed E-state index contributed by atoms with van der Waals surface area (Å²) in [6.45, 7) is 5.73. The monoisotopic (exact) mass is 191 g/mol. The van der Waals surface area contributed by atoms with E-state index in [1.807, 2.05) is 0 Å². The summed E-state index contributed by atoms with van der Waals surface area (Å²) in [4.78, 5) is 2.43. The van der Waals surface area contributed by atoms with Gasteiger partial charge in [0.05, 0.1) is 0 Å². The molecule has 1 heterocycles. The Morgan fingerprint density at radius 3 is 2.64 bits per heavy atom. The van der Waals surface area contributed by atoms with Crippen LogP contribution < -0.4 is 0 Å². The van der Waals surface area contributed by atoms with Gasteiger partial charge in [-0.2, -0.15) is 0 Å². The molecule has 1 aliphatic carbocycles. The molecule has 1 heteroatoms. The highest BCUT2D eigenvalue weighted by Gasteiger charge is 2.45. The van der Waals surface area contributed by atoms with Crippen molar-refractivity contribution >= 4 is 0 Å². The first-order valence-corrected chi connectivity index (χ1v) is 5.79. The predicted molar refractivity (Wildman–Crippen MR) is 61.0 cm³/mol. The van der Waals surface area contributed by atoms with E-state index in [0.717, 1.165) is 6.42 Å². The summed E-state index contributed by atoms with van der Waals surface area (Å²) in [5, 5.41) is 0. The fraction of sp³-hybridized carbons (Fsp3) is 0.692. The normalized spacial score (nSPS) is 25.2. The van der Waals surface area contributed by atoms with E-state index in [1.165, 1.54) is 31.5 Å². The minimum absolute atomic E-state index is 0.546. The van der Waals surface area contributed by atoms with Crippen LogP contribution in [-0.2, 0) is 0 Å². The lowest BCUT2D eigenvalue weighted by Crippen LogP contribution is -2.34. The highest BCUT2D eigenvalue weighted by molar-refractivity contribution is 5.37. The Kier molecular flexibility index (Phi) is 2.42. The molecule has 0 radical (unpaired) electrons. The molecule has 1 nitrogen and oxygen atoms in total. The van der Waals surface area contributed by atoms with Crippen LogP contribution in [0.5, 0.6) is 0 Å². The van der Waals surface area contributed by atoms with E-state index in [4.69, 9.17) is 0 Å². The number of rotatable bonds is 2. The van der Waals surface area contributed by atoms with Gasteiger partial charge in [0.1, 0.15) is 0 Å². The molecule has 0 amide bonds. The summed E-state index contributed by atoms with van der Waals surface area (Å²) in [5.41, 5.74) is 3.66. The van der Waals surface area contributed by atoms with Crippen LogP contribution in [0, 0.1) is 5.41 Å². The van der Waals surface area contributed by atoms with Crippen LogP contribution in [-0.4, -0.2) is 18.5 Å². The first kappa shape index (κ1) is 9.82. The van der Waals surface area contributed by atoms with Gasteiger partial charge in [-0.05, 0) is 31.8 Å². The Morgan fingerprint density at radius 1 is 1.43 bits per heavy atom. The average molecular weight is 191 g/mol. The molecule has 0 bridgehead atoms. The van der Waals surface area contributed by atoms with Gasteiger partial charge < -0.3 is 4.90 Å². The van der Waals surface area contributed by atoms with Crippen molar-refractivity contribution in [1.82, 2.24) is 4.90 Å². The van der Waals surface area contributed by atoms with Crippen LogP contribution >= 0.6 is 0 Å². The molecule has 0 saturated heterocycles. The van der Waals surface area contributed by atoms with Crippen molar-refractivity contribution in [2.24, 2.45) is 5.41 Å². The van der Waals surface area contributed by atoms with Crippen LogP contribution in [0.25, 0.3) is 0 Å². The summed E-state index contributed by atoms with van der Waals surface area (Å²) in [5.74, 6) is 0. The van der Waals surface area contributed by atoms with Gasteiger partial charge in [-0.25, -0.2) is 0 Å². The number of hydrogen-bond acceptors (Lipinski definition) is 1. The number of nitrogens with zero attached hydrogens (tertiary/aromatic N) is 1. The first-order chi connectivity index (χ1) is 6.69. The quantitative estimate of drug-likeness (QED) is 0.647. The minimum Gasteiger partial charge on any atom is -0.377 e. The van der Waals surface area contributed by atoms with Crippen molar-refractivity contribution in [3.05, 3.63) is 23.4 Å². The molecule has 2 rings (SSSR count). The van der Waals surface area contributed by atoms with Gasteiger partial charge in [0, 0.05) is 24.7 Å². The first-order valence-electron chi connectivity index (χ1n) is 5.79. The topological polar surface area (TPSA) is 3.24 Å². The van der Waals surface area contributed by atoms with Crippen molar-refractivity contribution in [3.8, 4) is 0 Å². The fourth-order valence-corrected chi connectivity index (χ4v) is 2.81. The lowest BCUT2D eigenvalue weighted by atomic mass is 9.65. The van der Waals surface area contributed by atoms with Gasteiger partial charge >= 0.3 is 0 Å². The molecule has 1 spiro atoms. The molecule has 1 aliphatic heterocycles. The molecular formula is C13H21N. The molecular weight excluding hydrogens is 170 g/mol. The molecule has 0 unspecified atom stereocenters. The highest BCUT2D eigenvalue weighted by atomic mass is 15.1. The van der Waals surface area contributed by atoms with Gasteiger partial charge in [-0.1, -0.05) is 25.5 Å². The Bertz CT molecular complexity index is 282. The summed E-state index contributed by atoms with van der Waals surface area (Å²) in [6.07, 6.45) is 10.0. The van der Waals surface area contributed by atoms with Gasteiger partial charge in [0.25, 0.3) is 0 Å². The third kappa shape index (κ3) is 1.30. The molecule has 2 aliphatic rings. The van der Waals surface area contributed by atoms with Crippen LogP contribution in [0.3, 0.4) is 0 Å². The third-order valence-corrected chi connectivity index (χ3v) is 3.90. The Labute approximate surface area is 87.5 Å². The maximum Gasteiger partial charge on any atom is 0.0269 e. The molecule has 1 saturated carbocycles. The Hall–Kier alpha value is -0.720. The zero-order valence-corrected chi connectivity index (χ0v) is 9.64. The summed E-state index contributed by atoms with van der Waals surface area (Å²) >= 11 is 0. The molecule has 0 aromatic carbocycles. The molecule has 78 valence electrons. The zero-order valence-electron chi connectivity index (χ0n) is 9.64. The van der Waals surface area contributed by atoms with E-state index in [1.54, 1.807) is 5.57 Å². The molecule has 0 N–H and O–H groups in total. The standard InChI is InChI=1S/C13H21N/c1-4-5-7-12-11(2)14(3)10-13(12)8-6-9-13/h5,7H,4,6,8-10H2,1-3H3/b7-5-. The van der Waals surface area contributed by atoms with Crippen LogP contribution in [0.15, 0.2) is 23.4 Å². The highest BCUT2D eigenvalue weighted by Crippen LogP contribution is 2.52. The van der Waals surface area contributed by atoms with Crippen LogP contribution in [0.1, 0.15) is 39.5 Å². The van der Waals surface area contributed by atoms with E-state index in [-0.39, 0.29) is 0 Å². The van der Waals surface area contributed by atoms with Gasteiger partial charge in [0.2, 0.25) is 0 Å². The van der Waals surface area contributed by atoms with E-state index in [0.29, 0.717) is 5.41 Å².